The molecule has 3 nitrogen and oxygen atoms in total. The van der Waals surface area contributed by atoms with Gasteiger partial charge in [0.1, 0.15) is 5.69 Å². The third-order valence-electron chi connectivity index (χ3n) is 2.75. The van der Waals surface area contributed by atoms with Crippen molar-refractivity contribution in [2.24, 2.45) is 11.7 Å². The number of fused-ring (bicyclic) bond motifs is 1. The zero-order valence-corrected chi connectivity index (χ0v) is 9.93. The molecule has 82 valence electrons. The Morgan fingerprint density at radius 1 is 1.53 bits per heavy atom. The van der Waals surface area contributed by atoms with Gasteiger partial charge in [-0.3, -0.25) is 4.79 Å². The van der Waals surface area contributed by atoms with Crippen molar-refractivity contribution in [3.05, 3.63) is 15.6 Å². The number of Topliss-reactive ketones (excluding diaryl/α,β-unsaturated/α-hetero) is 1. The maximum absolute atomic E-state index is 11.8. The number of nitrogens with zero attached hydrogens (tertiary/aromatic N) is 1. The molecule has 0 bridgehead atoms. The summed E-state index contributed by atoms with van der Waals surface area (Å²) >= 11 is 1.68. The fraction of sp³-hybridized carbons (Fsp3) is 0.636. The maximum atomic E-state index is 11.8. The van der Waals surface area contributed by atoms with Gasteiger partial charge in [0.2, 0.25) is 0 Å². The molecule has 0 amide bonds. The quantitative estimate of drug-likeness (QED) is 0.835. The van der Waals surface area contributed by atoms with Crippen LogP contribution in [0.3, 0.4) is 0 Å². The van der Waals surface area contributed by atoms with Gasteiger partial charge in [-0.15, -0.1) is 11.3 Å². The lowest BCUT2D eigenvalue weighted by molar-refractivity contribution is 0.0946. The summed E-state index contributed by atoms with van der Waals surface area (Å²) < 4.78 is 0. The SMILES string of the molecule is CC(C)c1nc2c(s1)CC(CN)CC2=O. The fourth-order valence-electron chi connectivity index (χ4n) is 1.83. The van der Waals surface area contributed by atoms with Crippen molar-refractivity contribution in [1.29, 1.82) is 0 Å². The van der Waals surface area contributed by atoms with E-state index < -0.39 is 0 Å². The summed E-state index contributed by atoms with van der Waals surface area (Å²) in [5.41, 5.74) is 6.34. The average molecular weight is 224 g/mol. The number of rotatable bonds is 2. The molecule has 15 heavy (non-hydrogen) atoms. The summed E-state index contributed by atoms with van der Waals surface area (Å²) in [5, 5.41) is 1.08. The Morgan fingerprint density at radius 3 is 2.87 bits per heavy atom. The van der Waals surface area contributed by atoms with Crippen LogP contribution in [0, 0.1) is 5.92 Å². The van der Waals surface area contributed by atoms with Gasteiger partial charge in [-0.1, -0.05) is 13.8 Å². The first-order valence-corrected chi connectivity index (χ1v) is 6.16. The van der Waals surface area contributed by atoms with E-state index in [4.69, 9.17) is 5.73 Å². The average Bonchev–Trinajstić information content (AvgIpc) is 2.61. The second kappa shape index (κ2) is 4.02. The molecule has 0 radical (unpaired) electrons. The summed E-state index contributed by atoms with van der Waals surface area (Å²) in [7, 11) is 0. The number of ketones is 1. The molecule has 2 N–H and O–H groups in total. The maximum Gasteiger partial charge on any atom is 0.182 e. The van der Waals surface area contributed by atoms with Crippen molar-refractivity contribution in [1.82, 2.24) is 4.98 Å². The van der Waals surface area contributed by atoms with Crippen LogP contribution in [-0.2, 0) is 6.42 Å². The van der Waals surface area contributed by atoms with Crippen molar-refractivity contribution >= 4 is 17.1 Å². The molecule has 2 rings (SSSR count). The van der Waals surface area contributed by atoms with E-state index in [0.717, 1.165) is 16.3 Å². The summed E-state index contributed by atoms with van der Waals surface area (Å²) in [4.78, 5) is 17.4. The van der Waals surface area contributed by atoms with Crippen LogP contribution in [0.1, 0.15) is 46.6 Å². The molecule has 1 atom stereocenters. The van der Waals surface area contributed by atoms with Crippen molar-refractivity contribution < 1.29 is 4.79 Å². The minimum atomic E-state index is 0.176. The van der Waals surface area contributed by atoms with E-state index in [2.05, 4.69) is 18.8 Å². The Labute approximate surface area is 93.7 Å². The molecule has 0 fully saturated rings. The van der Waals surface area contributed by atoms with Crippen molar-refractivity contribution in [3.8, 4) is 0 Å². The predicted molar refractivity (Wildman–Crippen MR) is 61.4 cm³/mol. The highest BCUT2D eigenvalue weighted by Gasteiger charge is 2.28. The molecule has 1 aromatic heterocycles. The van der Waals surface area contributed by atoms with Gasteiger partial charge in [0.05, 0.1) is 5.01 Å². The molecular formula is C11H16N2OS. The lowest BCUT2D eigenvalue weighted by Gasteiger charge is -2.17. The molecule has 1 heterocycles. The van der Waals surface area contributed by atoms with E-state index in [-0.39, 0.29) is 5.78 Å². The van der Waals surface area contributed by atoms with Gasteiger partial charge in [0, 0.05) is 17.2 Å². The van der Waals surface area contributed by atoms with Crippen LogP contribution in [0.25, 0.3) is 0 Å². The largest absolute Gasteiger partial charge is 0.330 e. The molecule has 1 aliphatic carbocycles. The zero-order chi connectivity index (χ0) is 11.0. The Bertz CT molecular complexity index is 384. The summed E-state index contributed by atoms with van der Waals surface area (Å²) in [6, 6.07) is 0. The molecule has 0 aliphatic heterocycles. The van der Waals surface area contributed by atoms with Gasteiger partial charge in [-0.2, -0.15) is 0 Å². The highest BCUT2D eigenvalue weighted by Crippen LogP contribution is 2.32. The molecule has 0 saturated heterocycles. The molecule has 0 spiro atoms. The number of aromatic nitrogens is 1. The van der Waals surface area contributed by atoms with Gasteiger partial charge in [0.25, 0.3) is 0 Å². The highest BCUT2D eigenvalue weighted by atomic mass is 32.1. The van der Waals surface area contributed by atoms with Crippen LogP contribution in [0.15, 0.2) is 0 Å². The lowest BCUT2D eigenvalue weighted by atomic mass is 9.90. The number of carbonyl (C=O) groups excluding carboxylic acids is 1. The van der Waals surface area contributed by atoms with Crippen LogP contribution in [-0.4, -0.2) is 17.3 Å². The van der Waals surface area contributed by atoms with E-state index in [1.165, 1.54) is 0 Å². The summed E-state index contributed by atoms with van der Waals surface area (Å²) in [6.07, 6.45) is 1.51. The molecule has 4 heteroatoms. The number of thiazole rings is 1. The lowest BCUT2D eigenvalue weighted by Crippen LogP contribution is -2.25. The highest BCUT2D eigenvalue weighted by molar-refractivity contribution is 7.12. The minimum Gasteiger partial charge on any atom is -0.330 e. The Morgan fingerprint density at radius 2 is 2.27 bits per heavy atom. The van der Waals surface area contributed by atoms with Gasteiger partial charge in [-0.25, -0.2) is 4.98 Å². The third-order valence-corrected chi connectivity index (χ3v) is 4.13. The van der Waals surface area contributed by atoms with Crippen molar-refractivity contribution in [2.45, 2.75) is 32.6 Å². The molecule has 1 unspecified atom stereocenters. The predicted octanol–water partition coefficient (Wildman–Crippen LogP) is 1.97. The van der Waals surface area contributed by atoms with E-state index in [9.17, 15) is 4.79 Å². The standard InChI is InChI=1S/C11H16N2OS/c1-6(2)11-13-10-8(14)3-7(5-12)4-9(10)15-11/h6-7H,3-5,12H2,1-2H3. The van der Waals surface area contributed by atoms with Gasteiger partial charge >= 0.3 is 0 Å². The van der Waals surface area contributed by atoms with Crippen LogP contribution < -0.4 is 5.73 Å². The normalized spacial score (nSPS) is 20.8. The Hall–Kier alpha value is -0.740. The first kappa shape index (κ1) is 10.8. The zero-order valence-electron chi connectivity index (χ0n) is 9.12. The molecule has 1 aromatic rings. The van der Waals surface area contributed by atoms with Gasteiger partial charge in [-0.05, 0) is 18.9 Å². The van der Waals surface area contributed by atoms with E-state index in [1.54, 1.807) is 11.3 Å². The van der Waals surface area contributed by atoms with Gasteiger partial charge < -0.3 is 5.73 Å². The van der Waals surface area contributed by atoms with Crippen molar-refractivity contribution in [3.63, 3.8) is 0 Å². The topological polar surface area (TPSA) is 56.0 Å². The van der Waals surface area contributed by atoms with Gasteiger partial charge in [0.15, 0.2) is 5.78 Å². The number of hydrogen-bond acceptors (Lipinski definition) is 4. The first-order valence-electron chi connectivity index (χ1n) is 5.34. The van der Waals surface area contributed by atoms with Crippen LogP contribution in [0.5, 0.6) is 0 Å². The smallest absolute Gasteiger partial charge is 0.182 e. The van der Waals surface area contributed by atoms with Crippen molar-refractivity contribution in [2.75, 3.05) is 6.54 Å². The molecule has 1 aliphatic rings. The second-order valence-electron chi connectivity index (χ2n) is 4.41. The minimum absolute atomic E-state index is 0.176. The fourth-order valence-corrected chi connectivity index (χ4v) is 3.03. The van der Waals surface area contributed by atoms with E-state index in [1.807, 2.05) is 0 Å². The van der Waals surface area contributed by atoms with E-state index >= 15 is 0 Å². The molecule has 0 aromatic carbocycles. The van der Waals surface area contributed by atoms with E-state index in [0.29, 0.717) is 30.5 Å². The molecular weight excluding hydrogens is 208 g/mol. The third kappa shape index (κ3) is 1.96. The Kier molecular flexibility index (Phi) is 2.89. The van der Waals surface area contributed by atoms with Crippen LogP contribution in [0.4, 0.5) is 0 Å². The number of hydrogen-bond donors (Lipinski definition) is 1. The monoisotopic (exact) mass is 224 g/mol. The summed E-state index contributed by atoms with van der Waals surface area (Å²) in [6.45, 7) is 4.81. The Balaban J connectivity index is 2.34. The summed E-state index contributed by atoms with van der Waals surface area (Å²) in [5.74, 6) is 0.907. The second-order valence-corrected chi connectivity index (χ2v) is 5.53. The van der Waals surface area contributed by atoms with Crippen LogP contribution >= 0.6 is 11.3 Å². The number of nitrogens with two attached hydrogens (primary N) is 1. The molecule has 0 saturated carbocycles. The first-order chi connectivity index (χ1) is 7.11. The van der Waals surface area contributed by atoms with Crippen LogP contribution in [0.2, 0.25) is 0 Å². The number of carbonyl (C=O) groups is 1.